The first-order valence-corrected chi connectivity index (χ1v) is 7.03. The maximum absolute atomic E-state index is 9.32. The fourth-order valence-corrected chi connectivity index (χ4v) is 2.28. The minimum Gasteiger partial charge on any atom is -0.508 e. The van der Waals surface area contributed by atoms with Gasteiger partial charge < -0.3 is 9.52 Å². The van der Waals surface area contributed by atoms with Crippen LogP contribution in [0.4, 0.5) is 11.5 Å². The van der Waals surface area contributed by atoms with Gasteiger partial charge in [0, 0.05) is 6.20 Å². The highest BCUT2D eigenvalue weighted by atomic mass is 16.3. The molecule has 6 heteroatoms. The van der Waals surface area contributed by atoms with Crippen LogP contribution in [0.5, 0.6) is 5.75 Å². The van der Waals surface area contributed by atoms with Crippen molar-refractivity contribution in [2.45, 2.75) is 0 Å². The van der Waals surface area contributed by atoms with E-state index in [1.54, 1.807) is 36.6 Å². The maximum atomic E-state index is 9.32. The van der Waals surface area contributed by atoms with Gasteiger partial charge in [-0.2, -0.15) is 0 Å². The van der Waals surface area contributed by atoms with Crippen molar-refractivity contribution in [2.24, 2.45) is 10.2 Å². The molecule has 4 rings (SSSR count). The average molecular weight is 304 g/mol. The fraction of sp³-hybridized carbons (Fsp3) is 0. The number of nitrogens with zero attached hydrogens (tertiary/aromatic N) is 4. The summed E-state index contributed by atoms with van der Waals surface area (Å²) < 4.78 is 7.30. The second-order valence-corrected chi connectivity index (χ2v) is 4.91. The SMILES string of the molecule is Oc1ccc(N=Nc2c(-c3ccco3)nc3ccccn23)cc1. The summed E-state index contributed by atoms with van der Waals surface area (Å²) in [7, 11) is 0. The van der Waals surface area contributed by atoms with E-state index in [2.05, 4.69) is 15.2 Å². The number of hydrogen-bond donors (Lipinski definition) is 1. The largest absolute Gasteiger partial charge is 0.508 e. The number of fused-ring (bicyclic) bond motifs is 1. The van der Waals surface area contributed by atoms with Gasteiger partial charge in [0.05, 0.1) is 12.0 Å². The number of furan rings is 1. The Morgan fingerprint density at radius 2 is 1.83 bits per heavy atom. The topological polar surface area (TPSA) is 75.4 Å². The van der Waals surface area contributed by atoms with Crippen LogP contribution in [0.2, 0.25) is 0 Å². The van der Waals surface area contributed by atoms with Gasteiger partial charge in [0.1, 0.15) is 11.4 Å². The minimum absolute atomic E-state index is 0.190. The molecular weight excluding hydrogens is 292 g/mol. The van der Waals surface area contributed by atoms with Crippen LogP contribution in [0.15, 0.2) is 81.7 Å². The van der Waals surface area contributed by atoms with E-state index >= 15 is 0 Å². The molecule has 0 aliphatic rings. The summed E-state index contributed by atoms with van der Waals surface area (Å²) in [5.74, 6) is 1.41. The van der Waals surface area contributed by atoms with Crippen molar-refractivity contribution in [1.82, 2.24) is 9.38 Å². The van der Waals surface area contributed by atoms with E-state index in [1.807, 2.05) is 34.9 Å². The first-order valence-electron chi connectivity index (χ1n) is 7.03. The Morgan fingerprint density at radius 1 is 0.957 bits per heavy atom. The van der Waals surface area contributed by atoms with Crippen molar-refractivity contribution in [1.29, 1.82) is 0 Å². The summed E-state index contributed by atoms with van der Waals surface area (Å²) in [4.78, 5) is 4.56. The van der Waals surface area contributed by atoms with Crippen molar-refractivity contribution in [3.05, 3.63) is 67.1 Å². The van der Waals surface area contributed by atoms with Crippen molar-refractivity contribution in [2.75, 3.05) is 0 Å². The highest BCUT2D eigenvalue weighted by Gasteiger charge is 2.15. The van der Waals surface area contributed by atoms with Gasteiger partial charge in [0.25, 0.3) is 0 Å². The molecule has 0 atom stereocenters. The molecule has 0 aliphatic heterocycles. The van der Waals surface area contributed by atoms with Gasteiger partial charge >= 0.3 is 0 Å². The molecule has 0 aliphatic carbocycles. The molecule has 4 aromatic rings. The number of hydrogen-bond acceptors (Lipinski definition) is 5. The Hall–Kier alpha value is -3.41. The molecule has 0 bridgehead atoms. The molecular formula is C17H12N4O2. The molecule has 3 aromatic heterocycles. The van der Waals surface area contributed by atoms with E-state index in [9.17, 15) is 5.11 Å². The first-order chi connectivity index (χ1) is 11.3. The quantitative estimate of drug-likeness (QED) is 0.557. The van der Waals surface area contributed by atoms with Crippen molar-refractivity contribution in [3.8, 4) is 17.2 Å². The molecule has 112 valence electrons. The number of benzene rings is 1. The van der Waals surface area contributed by atoms with E-state index in [0.29, 0.717) is 23.0 Å². The predicted octanol–water partition coefficient (Wildman–Crippen LogP) is 4.72. The van der Waals surface area contributed by atoms with Crippen LogP contribution >= 0.6 is 0 Å². The van der Waals surface area contributed by atoms with Crippen molar-refractivity contribution < 1.29 is 9.52 Å². The van der Waals surface area contributed by atoms with E-state index in [-0.39, 0.29) is 5.75 Å². The summed E-state index contributed by atoms with van der Waals surface area (Å²) in [6.07, 6.45) is 3.47. The van der Waals surface area contributed by atoms with E-state index < -0.39 is 0 Å². The predicted molar refractivity (Wildman–Crippen MR) is 85.2 cm³/mol. The van der Waals surface area contributed by atoms with E-state index in [4.69, 9.17) is 4.42 Å². The zero-order valence-corrected chi connectivity index (χ0v) is 12.0. The Kier molecular flexibility index (Phi) is 3.12. The highest BCUT2D eigenvalue weighted by Crippen LogP contribution is 2.32. The number of pyridine rings is 1. The van der Waals surface area contributed by atoms with Crippen LogP contribution in [0, 0.1) is 0 Å². The maximum Gasteiger partial charge on any atom is 0.190 e. The van der Waals surface area contributed by atoms with Gasteiger partial charge in [-0.25, -0.2) is 4.98 Å². The standard InChI is InChI=1S/C17H12N4O2/c22-13-8-6-12(7-9-13)19-20-17-16(14-4-3-11-23-14)18-15-5-1-2-10-21(15)17/h1-11,22H. The molecule has 0 saturated carbocycles. The number of aromatic nitrogens is 2. The van der Waals surface area contributed by atoms with Crippen LogP contribution in [0.1, 0.15) is 0 Å². The zero-order chi connectivity index (χ0) is 15.6. The third-order valence-corrected chi connectivity index (χ3v) is 3.37. The van der Waals surface area contributed by atoms with Crippen molar-refractivity contribution >= 4 is 17.2 Å². The normalized spacial score (nSPS) is 11.5. The van der Waals surface area contributed by atoms with Gasteiger partial charge in [-0.15, -0.1) is 10.2 Å². The van der Waals surface area contributed by atoms with Crippen LogP contribution in [0.3, 0.4) is 0 Å². The second-order valence-electron chi connectivity index (χ2n) is 4.91. The molecule has 0 unspecified atom stereocenters. The Bertz CT molecular complexity index is 970. The molecule has 0 fully saturated rings. The summed E-state index contributed by atoms with van der Waals surface area (Å²) in [5.41, 5.74) is 2.03. The number of rotatable bonds is 3. The summed E-state index contributed by atoms with van der Waals surface area (Å²) >= 11 is 0. The molecule has 0 spiro atoms. The Morgan fingerprint density at radius 3 is 2.61 bits per heavy atom. The van der Waals surface area contributed by atoms with Crippen LogP contribution in [0.25, 0.3) is 17.1 Å². The molecule has 23 heavy (non-hydrogen) atoms. The fourth-order valence-electron chi connectivity index (χ4n) is 2.28. The second kappa shape index (κ2) is 5.42. The van der Waals surface area contributed by atoms with Gasteiger partial charge in [-0.05, 0) is 48.5 Å². The highest BCUT2D eigenvalue weighted by molar-refractivity contribution is 5.71. The smallest absolute Gasteiger partial charge is 0.190 e. The lowest BCUT2D eigenvalue weighted by atomic mass is 10.3. The van der Waals surface area contributed by atoms with E-state index in [0.717, 1.165) is 5.65 Å². The van der Waals surface area contributed by atoms with Gasteiger partial charge in [0.2, 0.25) is 0 Å². The number of aromatic hydroxyl groups is 1. The van der Waals surface area contributed by atoms with Crippen molar-refractivity contribution in [3.63, 3.8) is 0 Å². The molecule has 6 nitrogen and oxygen atoms in total. The number of phenolic OH excluding ortho intramolecular Hbond substituents is 1. The summed E-state index contributed by atoms with van der Waals surface area (Å²) in [6.45, 7) is 0. The lowest BCUT2D eigenvalue weighted by Crippen LogP contribution is -1.80. The van der Waals surface area contributed by atoms with Gasteiger partial charge in [-0.3, -0.25) is 4.40 Å². The molecule has 1 aromatic carbocycles. The zero-order valence-electron chi connectivity index (χ0n) is 12.0. The Balaban J connectivity index is 1.84. The molecule has 0 saturated heterocycles. The molecule has 0 radical (unpaired) electrons. The van der Waals surface area contributed by atoms with Crippen LogP contribution in [-0.4, -0.2) is 14.5 Å². The number of imidazole rings is 1. The molecule has 1 N–H and O–H groups in total. The monoisotopic (exact) mass is 304 g/mol. The summed E-state index contributed by atoms with van der Waals surface area (Å²) in [5, 5.41) is 17.9. The number of azo groups is 1. The third kappa shape index (κ3) is 2.46. The van der Waals surface area contributed by atoms with Crippen LogP contribution in [-0.2, 0) is 0 Å². The summed E-state index contributed by atoms with van der Waals surface area (Å²) in [6, 6.07) is 15.9. The first kappa shape index (κ1) is 13.3. The van der Waals surface area contributed by atoms with Crippen LogP contribution < -0.4 is 0 Å². The van der Waals surface area contributed by atoms with Gasteiger partial charge in [-0.1, -0.05) is 6.07 Å². The lowest BCUT2D eigenvalue weighted by molar-refractivity contribution is 0.475. The number of phenols is 1. The minimum atomic E-state index is 0.190. The van der Waals surface area contributed by atoms with Gasteiger partial charge in [0.15, 0.2) is 17.3 Å². The Labute approximate surface area is 131 Å². The molecule has 3 heterocycles. The molecule has 0 amide bonds. The third-order valence-electron chi connectivity index (χ3n) is 3.37. The van der Waals surface area contributed by atoms with E-state index in [1.165, 1.54) is 0 Å². The average Bonchev–Trinajstić information content (AvgIpc) is 3.22. The lowest BCUT2D eigenvalue weighted by Gasteiger charge is -1.97.